The molecule has 3 aromatic carbocycles. The van der Waals surface area contributed by atoms with Crippen LogP contribution in [0.25, 0.3) is 10.8 Å². The number of hydrogen-bond donors (Lipinski definition) is 1. The van der Waals surface area contributed by atoms with Crippen LogP contribution in [0.5, 0.6) is 0 Å². The number of nitrogens with zero attached hydrogens (tertiary/aromatic N) is 2. The fourth-order valence-corrected chi connectivity index (χ4v) is 4.34. The van der Waals surface area contributed by atoms with E-state index >= 15 is 0 Å². The van der Waals surface area contributed by atoms with Gasteiger partial charge in [0, 0.05) is 11.6 Å². The normalized spacial score (nSPS) is 11.4. The lowest BCUT2D eigenvalue weighted by atomic mass is 10.1. The minimum absolute atomic E-state index is 0.0124. The Morgan fingerprint density at radius 3 is 2.31 bits per heavy atom. The summed E-state index contributed by atoms with van der Waals surface area (Å²) in [5.74, 6) is -0.599. The zero-order valence-electron chi connectivity index (χ0n) is 17.6. The number of nitrogens with one attached hydrogen (secondary N) is 1. The molecule has 0 aliphatic carbocycles. The molecule has 1 aromatic heterocycles. The van der Waals surface area contributed by atoms with Crippen LogP contribution in [0.4, 0.5) is 5.69 Å². The van der Waals surface area contributed by atoms with Crippen LogP contribution in [0.15, 0.2) is 82.5 Å². The third kappa shape index (κ3) is 4.31. The Morgan fingerprint density at radius 2 is 1.62 bits per heavy atom. The molecule has 0 bridgehead atoms. The van der Waals surface area contributed by atoms with Crippen molar-refractivity contribution in [1.82, 2.24) is 9.78 Å². The number of fused-ring (bicyclic) bond motifs is 1. The van der Waals surface area contributed by atoms with Crippen LogP contribution in [0.1, 0.15) is 21.6 Å². The molecule has 4 aromatic rings. The molecular formula is C24H21N3O4S. The summed E-state index contributed by atoms with van der Waals surface area (Å²) in [6.07, 6.45) is 1.08. The predicted octanol–water partition coefficient (Wildman–Crippen LogP) is 3.41. The molecule has 0 aliphatic heterocycles. The second-order valence-electron chi connectivity index (χ2n) is 7.57. The van der Waals surface area contributed by atoms with E-state index in [9.17, 15) is 18.0 Å². The maximum atomic E-state index is 13.3. The van der Waals surface area contributed by atoms with E-state index < -0.39 is 15.7 Å². The highest BCUT2D eigenvalue weighted by molar-refractivity contribution is 7.90. The zero-order valence-corrected chi connectivity index (χ0v) is 18.4. The van der Waals surface area contributed by atoms with E-state index in [2.05, 4.69) is 10.4 Å². The minimum atomic E-state index is -3.57. The molecule has 1 amide bonds. The van der Waals surface area contributed by atoms with Crippen LogP contribution in [0.2, 0.25) is 0 Å². The van der Waals surface area contributed by atoms with Crippen molar-refractivity contribution in [2.24, 2.45) is 0 Å². The topological polar surface area (TPSA) is 98.1 Å². The number of sulfone groups is 1. The number of rotatable bonds is 5. The van der Waals surface area contributed by atoms with Crippen LogP contribution in [-0.2, 0) is 16.4 Å². The third-order valence-electron chi connectivity index (χ3n) is 5.04. The van der Waals surface area contributed by atoms with E-state index in [-0.39, 0.29) is 28.4 Å². The van der Waals surface area contributed by atoms with Gasteiger partial charge in [0.2, 0.25) is 0 Å². The lowest BCUT2D eigenvalue weighted by molar-refractivity contribution is 0.102. The molecule has 162 valence electrons. The Morgan fingerprint density at radius 1 is 0.969 bits per heavy atom. The quantitative estimate of drug-likeness (QED) is 0.506. The van der Waals surface area contributed by atoms with Gasteiger partial charge in [-0.2, -0.15) is 5.10 Å². The molecule has 0 saturated heterocycles. The summed E-state index contributed by atoms with van der Waals surface area (Å²) in [5, 5.41) is 7.78. The Labute approximate surface area is 185 Å². The van der Waals surface area contributed by atoms with Gasteiger partial charge in [-0.15, -0.1) is 0 Å². The van der Waals surface area contributed by atoms with Gasteiger partial charge in [0.25, 0.3) is 11.5 Å². The average Bonchev–Trinajstić information content (AvgIpc) is 2.75. The SMILES string of the molecule is Cc1ccc(S(C)(=O)=O)c(NC(=O)c2nn(Cc3ccccc3)c(=O)c3ccccc23)c1. The van der Waals surface area contributed by atoms with Crippen LogP contribution < -0.4 is 10.9 Å². The number of aryl methyl sites for hydroxylation is 1. The Hall–Kier alpha value is -3.78. The maximum absolute atomic E-state index is 13.3. The van der Waals surface area contributed by atoms with Crippen LogP contribution in [0.3, 0.4) is 0 Å². The highest BCUT2D eigenvalue weighted by atomic mass is 32.2. The van der Waals surface area contributed by atoms with E-state index in [1.54, 1.807) is 43.3 Å². The van der Waals surface area contributed by atoms with Gasteiger partial charge < -0.3 is 5.32 Å². The second kappa shape index (κ2) is 8.39. The lowest BCUT2D eigenvalue weighted by Gasteiger charge is -2.13. The highest BCUT2D eigenvalue weighted by Crippen LogP contribution is 2.24. The molecule has 1 heterocycles. The summed E-state index contributed by atoms with van der Waals surface area (Å²) < 4.78 is 25.6. The molecule has 0 unspecified atom stereocenters. The second-order valence-corrected chi connectivity index (χ2v) is 9.55. The monoisotopic (exact) mass is 447 g/mol. The summed E-state index contributed by atoms with van der Waals surface area (Å²) in [7, 11) is -3.57. The summed E-state index contributed by atoms with van der Waals surface area (Å²) in [6, 6.07) is 20.8. The van der Waals surface area contributed by atoms with Gasteiger partial charge >= 0.3 is 0 Å². The van der Waals surface area contributed by atoms with Crippen molar-refractivity contribution in [3.8, 4) is 0 Å². The Balaban J connectivity index is 1.83. The molecule has 0 atom stereocenters. The van der Waals surface area contributed by atoms with Gasteiger partial charge in [-0.05, 0) is 36.2 Å². The molecule has 0 fully saturated rings. The van der Waals surface area contributed by atoms with Crippen LogP contribution >= 0.6 is 0 Å². The van der Waals surface area contributed by atoms with Gasteiger partial charge in [0.15, 0.2) is 15.5 Å². The average molecular weight is 448 g/mol. The number of carbonyl (C=O) groups is 1. The van der Waals surface area contributed by atoms with Crippen molar-refractivity contribution in [3.05, 3.63) is 100.0 Å². The Bertz CT molecular complexity index is 1490. The number of hydrogen-bond acceptors (Lipinski definition) is 5. The number of amides is 1. The van der Waals surface area contributed by atoms with Crippen molar-refractivity contribution in [3.63, 3.8) is 0 Å². The Kier molecular flexibility index (Phi) is 5.63. The summed E-state index contributed by atoms with van der Waals surface area (Å²) >= 11 is 0. The van der Waals surface area contributed by atoms with E-state index in [1.165, 1.54) is 10.7 Å². The molecule has 7 nitrogen and oxygen atoms in total. The predicted molar refractivity (Wildman–Crippen MR) is 124 cm³/mol. The molecule has 32 heavy (non-hydrogen) atoms. The van der Waals surface area contributed by atoms with Gasteiger partial charge in [-0.25, -0.2) is 13.1 Å². The molecule has 8 heteroatoms. The van der Waals surface area contributed by atoms with Crippen molar-refractivity contribution in [2.75, 3.05) is 11.6 Å². The van der Waals surface area contributed by atoms with E-state index in [1.807, 2.05) is 30.3 Å². The minimum Gasteiger partial charge on any atom is -0.319 e. The fourth-order valence-electron chi connectivity index (χ4n) is 3.51. The zero-order chi connectivity index (χ0) is 22.9. The lowest BCUT2D eigenvalue weighted by Crippen LogP contribution is -2.28. The first-order valence-electron chi connectivity index (χ1n) is 9.90. The van der Waals surface area contributed by atoms with Gasteiger partial charge in [0.1, 0.15) is 0 Å². The molecule has 0 saturated carbocycles. The van der Waals surface area contributed by atoms with Crippen molar-refractivity contribution < 1.29 is 13.2 Å². The van der Waals surface area contributed by atoms with Crippen molar-refractivity contribution in [1.29, 1.82) is 0 Å². The smallest absolute Gasteiger partial charge is 0.276 e. The summed E-state index contributed by atoms with van der Waals surface area (Å²) in [6.45, 7) is 2.00. The standard InChI is InChI=1S/C24H21N3O4S/c1-16-12-13-21(32(2,30)31)20(14-16)25-23(28)22-18-10-6-7-11-19(18)24(29)27(26-22)15-17-8-4-3-5-9-17/h3-14H,15H2,1-2H3,(H,25,28). The third-order valence-corrected chi connectivity index (χ3v) is 6.20. The number of benzene rings is 3. The van der Waals surface area contributed by atoms with Crippen LogP contribution in [-0.4, -0.2) is 30.4 Å². The first-order valence-corrected chi connectivity index (χ1v) is 11.8. The van der Waals surface area contributed by atoms with Crippen molar-refractivity contribution >= 4 is 32.2 Å². The largest absolute Gasteiger partial charge is 0.319 e. The van der Waals surface area contributed by atoms with Gasteiger partial charge in [-0.3, -0.25) is 9.59 Å². The molecule has 0 radical (unpaired) electrons. The van der Waals surface area contributed by atoms with E-state index in [4.69, 9.17) is 0 Å². The molecule has 0 aliphatic rings. The number of aromatic nitrogens is 2. The molecule has 0 spiro atoms. The fraction of sp³-hybridized carbons (Fsp3) is 0.125. The van der Waals surface area contributed by atoms with Gasteiger partial charge in [-0.1, -0.05) is 54.6 Å². The number of carbonyl (C=O) groups excluding carboxylic acids is 1. The molecule has 1 N–H and O–H groups in total. The maximum Gasteiger partial charge on any atom is 0.276 e. The number of anilines is 1. The summed E-state index contributed by atoms with van der Waals surface area (Å²) in [5.41, 5.74) is 1.55. The molecular weight excluding hydrogens is 426 g/mol. The van der Waals surface area contributed by atoms with Crippen molar-refractivity contribution in [2.45, 2.75) is 18.4 Å². The van der Waals surface area contributed by atoms with Crippen LogP contribution in [0, 0.1) is 6.92 Å². The van der Waals surface area contributed by atoms with E-state index in [0.29, 0.717) is 10.8 Å². The summed E-state index contributed by atoms with van der Waals surface area (Å²) in [4.78, 5) is 26.2. The first kappa shape index (κ1) is 21.5. The first-order chi connectivity index (χ1) is 15.2. The van der Waals surface area contributed by atoms with Gasteiger partial charge in [0.05, 0.1) is 22.5 Å². The molecule has 4 rings (SSSR count). The highest BCUT2D eigenvalue weighted by Gasteiger charge is 2.20. The van der Waals surface area contributed by atoms with E-state index in [0.717, 1.165) is 17.4 Å².